The van der Waals surface area contributed by atoms with E-state index < -0.39 is 23.4 Å². The summed E-state index contributed by atoms with van der Waals surface area (Å²) in [6, 6.07) is 1.67. The van der Waals surface area contributed by atoms with Crippen molar-refractivity contribution < 1.29 is 29.6 Å². The Morgan fingerprint density at radius 3 is 2.33 bits per heavy atom. The molecule has 196 valence electrons. The first-order valence-electron chi connectivity index (χ1n) is 13.3. The van der Waals surface area contributed by atoms with Gasteiger partial charge in [-0.15, -0.1) is 0 Å². The molecule has 1 aromatic carbocycles. The Labute approximate surface area is 213 Å². The molecule has 36 heavy (non-hydrogen) atoms. The van der Waals surface area contributed by atoms with Crippen molar-refractivity contribution in [3.05, 3.63) is 34.4 Å². The Kier molecular flexibility index (Phi) is 5.34. The molecule has 0 amide bonds. The van der Waals surface area contributed by atoms with E-state index in [1.165, 1.54) is 7.11 Å². The number of allylic oxidation sites excluding steroid dienone is 2. The lowest BCUT2D eigenvalue weighted by Crippen LogP contribution is -2.62. The fourth-order valence-electron chi connectivity index (χ4n) is 8.98. The van der Waals surface area contributed by atoms with Gasteiger partial charge in [-0.3, -0.25) is 9.59 Å². The highest BCUT2D eigenvalue weighted by atomic mass is 16.5. The Hall–Kier alpha value is -2.34. The van der Waals surface area contributed by atoms with Gasteiger partial charge >= 0.3 is 5.97 Å². The average molecular weight is 497 g/mol. The second-order valence-corrected chi connectivity index (χ2v) is 13.3. The van der Waals surface area contributed by atoms with Crippen molar-refractivity contribution >= 4 is 11.8 Å². The van der Waals surface area contributed by atoms with Gasteiger partial charge in [0.1, 0.15) is 0 Å². The molecule has 0 radical (unpaired) electrons. The number of aliphatic hydroxyl groups excluding tert-OH is 1. The zero-order valence-electron chi connectivity index (χ0n) is 22.5. The molecular weight excluding hydrogens is 456 g/mol. The summed E-state index contributed by atoms with van der Waals surface area (Å²) in [5.74, 6) is -0.534. The van der Waals surface area contributed by atoms with E-state index in [2.05, 4.69) is 27.7 Å². The minimum atomic E-state index is -0.728. The van der Waals surface area contributed by atoms with Crippen molar-refractivity contribution in [2.24, 2.45) is 27.6 Å². The quantitative estimate of drug-likeness (QED) is 0.491. The van der Waals surface area contributed by atoms with E-state index >= 15 is 0 Å². The van der Waals surface area contributed by atoms with Crippen LogP contribution in [0.15, 0.2) is 17.7 Å². The molecule has 6 atom stereocenters. The number of aromatic hydroxyl groups is 1. The number of aliphatic carboxylic acids is 1. The topological polar surface area (TPSA) is 104 Å². The molecule has 0 heterocycles. The maximum Gasteiger partial charge on any atom is 0.309 e. The van der Waals surface area contributed by atoms with E-state index in [4.69, 9.17) is 4.74 Å². The predicted molar refractivity (Wildman–Crippen MR) is 136 cm³/mol. The summed E-state index contributed by atoms with van der Waals surface area (Å²) in [4.78, 5) is 26.0. The minimum absolute atomic E-state index is 0.0604. The molecule has 3 saturated carbocycles. The highest BCUT2D eigenvalue weighted by Gasteiger charge is 2.67. The number of benzene rings is 1. The van der Waals surface area contributed by atoms with Gasteiger partial charge < -0.3 is 20.1 Å². The lowest BCUT2D eigenvalue weighted by molar-refractivity contribution is -0.177. The predicted octanol–water partition coefficient (Wildman–Crippen LogP) is 5.77. The van der Waals surface area contributed by atoms with E-state index in [0.29, 0.717) is 24.0 Å². The number of rotatable bonds is 3. The first-order chi connectivity index (χ1) is 16.7. The van der Waals surface area contributed by atoms with Crippen LogP contribution in [-0.4, -0.2) is 34.2 Å². The molecule has 0 aromatic heterocycles. The standard InChI is InChI=1S/C30H40O6/c1-26-7-8-27(2,25(34)35)15-22(26)30(5)12-10-28(3)18-13-20(33)24(36-6)17(16-31)23(18)19(32)14-21(28)29(30,4)11-9-26/h13-14,22,31,33H,7-12,15-16H2,1-6H3,(H,34,35). The number of ketones is 1. The highest BCUT2D eigenvalue weighted by molar-refractivity contribution is 6.10. The average Bonchev–Trinajstić information content (AvgIpc) is 2.83. The molecule has 1 aromatic rings. The molecule has 3 N–H and O–H groups in total. The fraction of sp³-hybridized carbons (Fsp3) is 0.667. The van der Waals surface area contributed by atoms with Gasteiger partial charge in [0.15, 0.2) is 17.3 Å². The zero-order valence-corrected chi connectivity index (χ0v) is 22.5. The van der Waals surface area contributed by atoms with Crippen LogP contribution >= 0.6 is 0 Å². The summed E-state index contributed by atoms with van der Waals surface area (Å²) in [5.41, 5.74) is 1.09. The number of phenolic OH excluding ortho intramolecular Hbond substituents is 1. The number of carbonyl (C=O) groups excluding carboxylic acids is 1. The number of hydrogen-bond donors (Lipinski definition) is 3. The van der Waals surface area contributed by atoms with E-state index in [9.17, 15) is 24.9 Å². The summed E-state index contributed by atoms with van der Waals surface area (Å²) in [7, 11) is 1.43. The molecule has 4 aliphatic carbocycles. The third kappa shape index (κ3) is 2.94. The molecule has 6 unspecified atom stereocenters. The second kappa shape index (κ2) is 7.59. The number of phenols is 1. The van der Waals surface area contributed by atoms with Crippen LogP contribution in [0.25, 0.3) is 0 Å². The first kappa shape index (κ1) is 25.3. The molecule has 0 bridgehead atoms. The van der Waals surface area contributed by atoms with Crippen molar-refractivity contribution in [2.45, 2.75) is 91.6 Å². The summed E-state index contributed by atoms with van der Waals surface area (Å²) in [5, 5.41) is 31.0. The Bertz CT molecular complexity index is 1200. The smallest absolute Gasteiger partial charge is 0.309 e. The largest absolute Gasteiger partial charge is 0.504 e. The zero-order chi connectivity index (χ0) is 26.5. The molecule has 4 aliphatic rings. The van der Waals surface area contributed by atoms with Gasteiger partial charge in [0.2, 0.25) is 0 Å². The van der Waals surface area contributed by atoms with Gasteiger partial charge in [-0.25, -0.2) is 0 Å². The van der Waals surface area contributed by atoms with Gasteiger partial charge in [-0.2, -0.15) is 0 Å². The van der Waals surface area contributed by atoms with Crippen molar-refractivity contribution in [1.82, 2.24) is 0 Å². The van der Waals surface area contributed by atoms with Crippen molar-refractivity contribution in [1.29, 1.82) is 0 Å². The maximum absolute atomic E-state index is 13.7. The molecule has 6 heteroatoms. The lowest BCUT2D eigenvalue weighted by Gasteiger charge is -2.69. The monoisotopic (exact) mass is 496 g/mol. The van der Waals surface area contributed by atoms with Crippen LogP contribution in [-0.2, 0) is 16.8 Å². The number of carbonyl (C=O) groups is 2. The van der Waals surface area contributed by atoms with Gasteiger partial charge in [0.25, 0.3) is 0 Å². The van der Waals surface area contributed by atoms with Crippen LogP contribution in [0.3, 0.4) is 0 Å². The number of methoxy groups -OCH3 is 1. The molecule has 6 nitrogen and oxygen atoms in total. The third-order valence-corrected chi connectivity index (χ3v) is 11.7. The first-order valence-corrected chi connectivity index (χ1v) is 13.3. The van der Waals surface area contributed by atoms with Gasteiger partial charge in [0.05, 0.1) is 19.1 Å². The second-order valence-electron chi connectivity index (χ2n) is 13.3. The van der Waals surface area contributed by atoms with Gasteiger partial charge in [-0.05, 0) is 97.3 Å². The summed E-state index contributed by atoms with van der Waals surface area (Å²) in [6.45, 7) is 10.7. The number of carboxylic acids is 1. The summed E-state index contributed by atoms with van der Waals surface area (Å²) in [6.07, 6.45) is 7.73. The molecule has 3 fully saturated rings. The third-order valence-electron chi connectivity index (χ3n) is 11.7. The minimum Gasteiger partial charge on any atom is -0.504 e. The van der Waals surface area contributed by atoms with Crippen LogP contribution in [0.5, 0.6) is 11.5 Å². The van der Waals surface area contributed by atoms with E-state index in [0.717, 1.165) is 43.2 Å². The van der Waals surface area contributed by atoms with E-state index in [-0.39, 0.29) is 39.4 Å². The highest BCUT2D eigenvalue weighted by Crippen LogP contribution is 2.74. The summed E-state index contributed by atoms with van der Waals surface area (Å²) >= 11 is 0. The van der Waals surface area contributed by atoms with Crippen LogP contribution in [0.4, 0.5) is 0 Å². The number of fused-ring (bicyclic) bond motifs is 7. The molecule has 0 aliphatic heterocycles. The number of aliphatic hydroxyl groups is 1. The number of carboxylic acid groups (broad SMARTS) is 1. The van der Waals surface area contributed by atoms with Crippen LogP contribution in [0.1, 0.15) is 101 Å². The molecule has 0 spiro atoms. The number of hydrogen-bond acceptors (Lipinski definition) is 5. The molecule has 5 rings (SSSR count). The van der Waals surface area contributed by atoms with Crippen LogP contribution in [0.2, 0.25) is 0 Å². The van der Waals surface area contributed by atoms with Crippen molar-refractivity contribution in [3.8, 4) is 11.5 Å². The summed E-state index contributed by atoms with van der Waals surface area (Å²) < 4.78 is 5.35. The maximum atomic E-state index is 13.7. The van der Waals surface area contributed by atoms with Gasteiger partial charge in [-0.1, -0.05) is 27.7 Å². The van der Waals surface area contributed by atoms with Crippen LogP contribution in [0, 0.1) is 27.6 Å². The fourth-order valence-corrected chi connectivity index (χ4v) is 8.98. The molecular formula is C30H40O6. The van der Waals surface area contributed by atoms with Crippen LogP contribution < -0.4 is 4.74 Å². The van der Waals surface area contributed by atoms with Crippen molar-refractivity contribution in [3.63, 3.8) is 0 Å². The Balaban J connectivity index is 1.67. The lowest BCUT2D eigenvalue weighted by atomic mass is 9.34. The van der Waals surface area contributed by atoms with Gasteiger partial charge in [0, 0.05) is 16.5 Å². The number of ether oxygens (including phenoxy) is 1. The Morgan fingerprint density at radius 1 is 1.06 bits per heavy atom. The normalized spacial score (nSPS) is 41.4. The van der Waals surface area contributed by atoms with E-state index in [1.807, 2.05) is 6.92 Å². The van der Waals surface area contributed by atoms with Crippen molar-refractivity contribution in [2.75, 3.05) is 7.11 Å². The molecule has 0 saturated heterocycles. The Morgan fingerprint density at radius 2 is 1.72 bits per heavy atom. The SMILES string of the molecule is COc1c(O)cc2c(c1CO)C(=O)C=C1C2(C)CCC2(C)C3CC(C)(C(=O)O)CCC3(C)CCC12C. The van der Waals surface area contributed by atoms with E-state index in [1.54, 1.807) is 12.1 Å².